The van der Waals surface area contributed by atoms with Crippen molar-refractivity contribution in [1.82, 2.24) is 45.0 Å². The minimum atomic E-state index is -0.907. The standard InChI is InChI=1S/C48H69N9O6SSi/c1-10-56-38-16-15-32(24-34(38)35(26-47(5,6)29-63-46(61)65)42(56)33-14-13-19-49-40(33)31(4)62-9)37-27-64-39(51-37)25-36(44(59)57-21-12-11-20-50-57)52-43(58)41(30(2)3)54(8)45(60)55-23-22-53(7)48(28-55)17-18-48/h13-16,19,24,27,30-31,36,41,50H,10-12,17-18,20-23,25-26,28-29H2,1-9,65H3,(H,52,58)/t31-,36-,41-/m0/s1. The Balaban J connectivity index is 1.20. The Hall–Kier alpha value is -4.68. The van der Waals surface area contributed by atoms with Gasteiger partial charge in [-0.2, -0.15) is 0 Å². The predicted octanol–water partition coefficient (Wildman–Crippen LogP) is 5.64. The topological polar surface area (TPSA) is 154 Å². The number of aromatic nitrogens is 3. The van der Waals surface area contributed by atoms with Crippen LogP contribution in [0.1, 0.15) is 89.6 Å². The first-order valence-electron chi connectivity index (χ1n) is 23.3. The van der Waals surface area contributed by atoms with E-state index in [2.05, 4.69) is 72.3 Å². The molecule has 15 nitrogen and oxygen atoms in total. The highest BCUT2D eigenvalue weighted by molar-refractivity contribution is 7.10. The number of aryl methyl sites for hydroxylation is 1. The quantitative estimate of drug-likeness (QED) is 0.135. The van der Waals surface area contributed by atoms with E-state index in [4.69, 9.17) is 19.4 Å². The van der Waals surface area contributed by atoms with E-state index in [1.807, 2.05) is 37.1 Å². The Morgan fingerprint density at radius 2 is 1.86 bits per heavy atom. The summed E-state index contributed by atoms with van der Waals surface area (Å²) < 4.78 is 13.8. The normalized spacial score (nSPS) is 17.9. The van der Waals surface area contributed by atoms with Crippen LogP contribution in [0.4, 0.5) is 9.59 Å². The van der Waals surface area contributed by atoms with E-state index in [0.717, 1.165) is 76.9 Å². The zero-order valence-electron chi connectivity index (χ0n) is 40.0. The van der Waals surface area contributed by atoms with Crippen LogP contribution in [0.2, 0.25) is 0 Å². The van der Waals surface area contributed by atoms with E-state index < -0.39 is 12.1 Å². The van der Waals surface area contributed by atoms with Gasteiger partial charge in [0.25, 0.3) is 11.5 Å². The fraction of sp³-hybridized carbons (Fsp3) is 0.583. The summed E-state index contributed by atoms with van der Waals surface area (Å²) in [5.74, 6) is -0.786. The highest BCUT2D eigenvalue weighted by Gasteiger charge is 2.51. The second-order valence-corrected chi connectivity index (χ2v) is 21.1. The maximum atomic E-state index is 14.4. The number of hydrogen-bond donors (Lipinski definition) is 2. The largest absolute Gasteiger partial charge is 0.470 e. The van der Waals surface area contributed by atoms with Crippen LogP contribution in [0.25, 0.3) is 33.4 Å². The summed E-state index contributed by atoms with van der Waals surface area (Å²) >= 11 is 1.46. The van der Waals surface area contributed by atoms with Crippen LogP contribution in [0.15, 0.2) is 41.9 Å². The summed E-state index contributed by atoms with van der Waals surface area (Å²) in [6, 6.07) is 8.64. The van der Waals surface area contributed by atoms with E-state index >= 15 is 0 Å². The number of carbonyl (C=O) groups excluding carboxylic acids is 4. The first-order chi connectivity index (χ1) is 31.0. The molecule has 4 amide bonds. The van der Waals surface area contributed by atoms with E-state index in [1.165, 1.54) is 11.3 Å². The minimum Gasteiger partial charge on any atom is -0.470 e. The zero-order valence-corrected chi connectivity index (χ0v) is 42.8. The molecule has 352 valence electrons. The minimum absolute atomic E-state index is 0.0463. The summed E-state index contributed by atoms with van der Waals surface area (Å²) in [5, 5.41) is 8.53. The van der Waals surface area contributed by atoms with Gasteiger partial charge in [0.1, 0.15) is 22.3 Å². The molecular formula is C48H69N9O6SSi. The molecule has 2 N–H and O–H groups in total. The van der Waals surface area contributed by atoms with Gasteiger partial charge in [-0.1, -0.05) is 33.8 Å². The molecule has 1 aromatic carbocycles. The highest BCUT2D eigenvalue weighted by atomic mass is 32.1. The number of ether oxygens (including phenoxy) is 2. The Morgan fingerprint density at radius 3 is 2.52 bits per heavy atom. The number of piperazine rings is 1. The number of amides is 4. The maximum Gasteiger partial charge on any atom is 0.320 e. The smallest absolute Gasteiger partial charge is 0.320 e. The number of rotatable bonds is 16. The van der Waals surface area contributed by atoms with Crippen molar-refractivity contribution >= 4 is 55.9 Å². The molecule has 2 aliphatic heterocycles. The zero-order chi connectivity index (χ0) is 46.8. The fourth-order valence-corrected chi connectivity index (χ4v) is 10.7. The van der Waals surface area contributed by atoms with Gasteiger partial charge in [0, 0.05) is 104 Å². The number of hydrazine groups is 1. The molecule has 0 bridgehead atoms. The van der Waals surface area contributed by atoms with Crippen molar-refractivity contribution in [3.8, 4) is 22.5 Å². The Morgan fingerprint density at radius 1 is 1.09 bits per heavy atom. The number of likely N-dealkylation sites (N-methyl/N-ethyl adjacent to an activating group) is 2. The summed E-state index contributed by atoms with van der Waals surface area (Å²) in [6.45, 7) is 16.6. The molecule has 1 spiro atoms. The van der Waals surface area contributed by atoms with E-state index in [0.29, 0.717) is 61.0 Å². The van der Waals surface area contributed by atoms with Gasteiger partial charge >= 0.3 is 6.03 Å². The number of thiazole rings is 1. The number of nitrogens with zero attached hydrogens (tertiary/aromatic N) is 7. The van der Waals surface area contributed by atoms with Gasteiger partial charge in [-0.25, -0.2) is 15.2 Å². The number of benzene rings is 1. The van der Waals surface area contributed by atoms with Crippen LogP contribution in [0.5, 0.6) is 0 Å². The number of urea groups is 1. The molecule has 0 unspecified atom stereocenters. The van der Waals surface area contributed by atoms with Gasteiger partial charge in [-0.3, -0.25) is 29.3 Å². The summed E-state index contributed by atoms with van der Waals surface area (Å²) in [6.07, 6.45) is 6.34. The summed E-state index contributed by atoms with van der Waals surface area (Å²) in [7, 11) is 5.85. The lowest BCUT2D eigenvalue weighted by Gasteiger charge is -2.43. The Labute approximate surface area is 391 Å². The average Bonchev–Trinajstić information content (AvgIpc) is 3.80. The molecule has 3 aliphatic rings. The van der Waals surface area contributed by atoms with E-state index in [1.54, 1.807) is 30.3 Å². The number of carbonyl (C=O) groups is 4. The van der Waals surface area contributed by atoms with Crippen molar-refractivity contribution in [3.63, 3.8) is 0 Å². The second-order valence-electron chi connectivity index (χ2n) is 19.4. The van der Waals surface area contributed by atoms with Crippen molar-refractivity contribution in [1.29, 1.82) is 0 Å². The highest BCUT2D eigenvalue weighted by Crippen LogP contribution is 2.44. The second kappa shape index (κ2) is 20.0. The molecule has 3 aromatic heterocycles. The van der Waals surface area contributed by atoms with Gasteiger partial charge in [-0.15, -0.1) is 11.3 Å². The Kier molecular flexibility index (Phi) is 14.9. The van der Waals surface area contributed by atoms with Crippen molar-refractivity contribution in [2.75, 3.05) is 60.5 Å². The molecule has 2 saturated heterocycles. The number of hydrogen-bond acceptors (Lipinski definition) is 11. The lowest BCUT2D eigenvalue weighted by Crippen LogP contribution is -2.62. The molecule has 17 heteroatoms. The van der Waals surface area contributed by atoms with Gasteiger partial charge < -0.3 is 29.2 Å². The van der Waals surface area contributed by atoms with Crippen LogP contribution in [-0.2, 0) is 38.4 Å². The number of nitrogens with one attached hydrogen (secondary N) is 2. The lowest BCUT2D eigenvalue weighted by molar-refractivity contribution is -0.141. The maximum absolute atomic E-state index is 14.4. The number of pyridine rings is 1. The molecule has 5 heterocycles. The third-order valence-electron chi connectivity index (χ3n) is 13.6. The number of fused-ring (bicyclic) bond motifs is 1. The van der Waals surface area contributed by atoms with Crippen LogP contribution in [0.3, 0.4) is 0 Å². The molecule has 3 atom stereocenters. The van der Waals surface area contributed by atoms with Crippen LogP contribution in [0, 0.1) is 11.3 Å². The Bertz CT molecular complexity index is 2370. The van der Waals surface area contributed by atoms with Crippen LogP contribution in [-0.4, -0.2) is 146 Å². The van der Waals surface area contributed by atoms with Crippen molar-refractivity contribution in [3.05, 3.63) is 58.2 Å². The predicted molar refractivity (Wildman–Crippen MR) is 259 cm³/mol. The lowest BCUT2D eigenvalue weighted by atomic mass is 9.84. The van der Waals surface area contributed by atoms with Gasteiger partial charge in [0.15, 0.2) is 0 Å². The van der Waals surface area contributed by atoms with Gasteiger partial charge in [0.2, 0.25) is 5.91 Å². The third-order valence-corrected chi connectivity index (χ3v) is 14.7. The average molecular weight is 928 g/mol. The summed E-state index contributed by atoms with van der Waals surface area (Å²) in [5.41, 5.74) is 9.49. The molecule has 7 rings (SSSR count). The molecule has 1 saturated carbocycles. The molecule has 65 heavy (non-hydrogen) atoms. The fourth-order valence-electron chi connectivity index (χ4n) is 9.69. The first kappa shape index (κ1) is 48.3. The van der Waals surface area contributed by atoms with Gasteiger partial charge in [0.05, 0.1) is 34.8 Å². The van der Waals surface area contributed by atoms with E-state index in [-0.39, 0.29) is 52.8 Å². The van der Waals surface area contributed by atoms with Crippen LogP contribution >= 0.6 is 11.3 Å². The SMILES string of the molecule is CCn1c(-c2cccnc2[C@H](C)OC)c(CC(C)(C)COC(=O)[SiH3])c2cc(-c3csc(C[C@H](NC(=O)[C@H](C(C)C)N(C)C(=O)N4CCN(C)C5(CC5)C4)C(=O)N4CCCCN4)n3)ccc21. The molecule has 3 fully saturated rings. The van der Waals surface area contributed by atoms with Crippen molar-refractivity contribution in [2.24, 2.45) is 11.3 Å². The molecule has 1 aliphatic carbocycles. The molecule has 4 aromatic rings. The molecular weight excluding hydrogens is 859 g/mol. The van der Waals surface area contributed by atoms with Crippen LogP contribution < -0.4 is 10.7 Å². The monoisotopic (exact) mass is 927 g/mol. The van der Waals surface area contributed by atoms with Gasteiger partial charge in [-0.05, 0) is 88.7 Å². The molecule has 0 radical (unpaired) electrons. The number of methoxy groups -OCH3 is 1. The third kappa shape index (κ3) is 10.5. The summed E-state index contributed by atoms with van der Waals surface area (Å²) in [4.78, 5) is 70.4. The van der Waals surface area contributed by atoms with Crippen molar-refractivity contribution < 1.29 is 28.7 Å². The van der Waals surface area contributed by atoms with E-state index in [9.17, 15) is 19.2 Å². The van der Waals surface area contributed by atoms with Crippen molar-refractivity contribution in [2.45, 2.75) is 110 Å². The first-order valence-corrected chi connectivity index (χ1v) is 25.1.